The summed E-state index contributed by atoms with van der Waals surface area (Å²) < 4.78 is 28.0. The predicted molar refractivity (Wildman–Crippen MR) is 82.9 cm³/mol. The van der Waals surface area contributed by atoms with Gasteiger partial charge in [0.15, 0.2) is 0 Å². The Hall–Kier alpha value is -2.72. The van der Waals surface area contributed by atoms with Crippen LogP contribution in [0.5, 0.6) is 0 Å². The summed E-state index contributed by atoms with van der Waals surface area (Å²) in [6, 6.07) is 3.07. The summed E-state index contributed by atoms with van der Waals surface area (Å²) in [7, 11) is -3.93. The van der Waals surface area contributed by atoms with E-state index < -0.39 is 22.0 Å². The largest absolute Gasteiger partial charge is 0.478 e. The Bertz CT molecular complexity index is 901. The molecule has 2 rings (SSSR count). The van der Waals surface area contributed by atoms with Crippen LogP contribution in [0.15, 0.2) is 35.5 Å². The van der Waals surface area contributed by atoms with Crippen molar-refractivity contribution in [3.05, 3.63) is 41.7 Å². The van der Waals surface area contributed by atoms with Gasteiger partial charge in [0.1, 0.15) is 0 Å². The lowest BCUT2D eigenvalue weighted by atomic mass is 10.2. The van der Waals surface area contributed by atoms with Gasteiger partial charge in [-0.1, -0.05) is 0 Å². The van der Waals surface area contributed by atoms with Gasteiger partial charge < -0.3 is 10.2 Å². The number of sulfonamides is 1. The second-order valence-electron chi connectivity index (χ2n) is 5.28. The second kappa shape index (κ2) is 6.42. The number of aromatic nitrogens is 2. The maximum absolute atomic E-state index is 12.3. The van der Waals surface area contributed by atoms with Crippen LogP contribution in [-0.2, 0) is 10.0 Å². The van der Waals surface area contributed by atoms with Crippen LogP contribution in [0.1, 0.15) is 34.6 Å². The summed E-state index contributed by atoms with van der Waals surface area (Å²) in [6.45, 7) is 3.26. The zero-order valence-electron chi connectivity index (χ0n) is 12.8. The number of aromatic carboxylic acids is 2. The highest BCUT2D eigenvalue weighted by molar-refractivity contribution is 7.89. The summed E-state index contributed by atoms with van der Waals surface area (Å²) in [5.74, 6) is -2.52. The van der Waals surface area contributed by atoms with Crippen LogP contribution in [0, 0.1) is 0 Å². The van der Waals surface area contributed by atoms with E-state index in [9.17, 15) is 23.1 Å². The fourth-order valence-electron chi connectivity index (χ4n) is 1.95. The maximum Gasteiger partial charge on any atom is 0.338 e. The Morgan fingerprint density at radius 3 is 2.25 bits per heavy atom. The smallest absolute Gasteiger partial charge is 0.338 e. The molecule has 10 heteroatoms. The van der Waals surface area contributed by atoms with Crippen molar-refractivity contribution in [1.29, 1.82) is 0 Å². The first kappa shape index (κ1) is 17.6. The Morgan fingerprint density at radius 2 is 1.75 bits per heavy atom. The first-order valence-electron chi connectivity index (χ1n) is 6.79. The molecule has 24 heavy (non-hydrogen) atoms. The third-order valence-corrected chi connectivity index (χ3v) is 4.57. The topological polar surface area (TPSA) is 139 Å². The van der Waals surface area contributed by atoms with Crippen molar-refractivity contribution in [2.24, 2.45) is 0 Å². The van der Waals surface area contributed by atoms with E-state index in [4.69, 9.17) is 5.11 Å². The molecule has 0 unspecified atom stereocenters. The third-order valence-electron chi connectivity index (χ3n) is 2.93. The van der Waals surface area contributed by atoms with Crippen LogP contribution in [0.25, 0.3) is 5.69 Å². The van der Waals surface area contributed by atoms with E-state index in [1.54, 1.807) is 13.8 Å². The summed E-state index contributed by atoms with van der Waals surface area (Å²) >= 11 is 0. The minimum Gasteiger partial charge on any atom is -0.478 e. The molecule has 3 N–H and O–H groups in total. The van der Waals surface area contributed by atoms with E-state index in [1.165, 1.54) is 12.1 Å². The van der Waals surface area contributed by atoms with E-state index >= 15 is 0 Å². The number of carboxylic acid groups (broad SMARTS) is 2. The van der Waals surface area contributed by atoms with Gasteiger partial charge in [-0.25, -0.2) is 27.4 Å². The number of carboxylic acids is 2. The standard InChI is InChI=1S/C14H15N3O6S/c1-8(2)16-24(22,23)12-4-9(13(18)19)3-11(5-12)17-7-10(6-15-17)14(20)21/h3-8,16H,1-2H3,(H,18,19)(H,20,21). The first-order valence-corrected chi connectivity index (χ1v) is 8.27. The predicted octanol–water partition coefficient (Wildman–Crippen LogP) is 0.955. The van der Waals surface area contributed by atoms with Crippen LogP contribution in [0.2, 0.25) is 0 Å². The zero-order valence-corrected chi connectivity index (χ0v) is 13.6. The van der Waals surface area contributed by atoms with Crippen LogP contribution < -0.4 is 4.72 Å². The van der Waals surface area contributed by atoms with E-state index in [0.29, 0.717) is 0 Å². The SMILES string of the molecule is CC(C)NS(=O)(=O)c1cc(C(=O)O)cc(-n2cc(C(=O)O)cn2)c1. The van der Waals surface area contributed by atoms with Crippen molar-refractivity contribution >= 4 is 22.0 Å². The van der Waals surface area contributed by atoms with Crippen LogP contribution in [0.3, 0.4) is 0 Å². The molecule has 0 radical (unpaired) electrons. The molecule has 0 aliphatic carbocycles. The number of rotatable bonds is 6. The highest BCUT2D eigenvalue weighted by Crippen LogP contribution is 2.19. The lowest BCUT2D eigenvalue weighted by molar-refractivity contribution is 0.0685. The van der Waals surface area contributed by atoms with Crippen molar-refractivity contribution in [2.45, 2.75) is 24.8 Å². The minimum absolute atomic E-state index is 0.111. The number of nitrogens with one attached hydrogen (secondary N) is 1. The fraction of sp³-hybridized carbons (Fsp3) is 0.214. The summed E-state index contributed by atoms with van der Waals surface area (Å²) in [6.07, 6.45) is 2.24. The van der Waals surface area contributed by atoms with Gasteiger partial charge in [0, 0.05) is 12.2 Å². The van der Waals surface area contributed by atoms with Crippen LogP contribution in [-0.4, -0.2) is 46.4 Å². The zero-order chi connectivity index (χ0) is 18.1. The number of benzene rings is 1. The molecule has 0 spiro atoms. The molecular weight excluding hydrogens is 338 g/mol. The van der Waals surface area contributed by atoms with Crippen molar-refractivity contribution in [3.63, 3.8) is 0 Å². The molecule has 0 amide bonds. The maximum atomic E-state index is 12.3. The number of hydrogen-bond donors (Lipinski definition) is 3. The molecule has 1 heterocycles. The van der Waals surface area contributed by atoms with Gasteiger partial charge in [-0.15, -0.1) is 0 Å². The Labute approximate surface area is 137 Å². The van der Waals surface area contributed by atoms with Gasteiger partial charge in [-0.3, -0.25) is 0 Å². The third kappa shape index (κ3) is 3.78. The number of nitrogens with zero attached hydrogens (tertiary/aromatic N) is 2. The fourth-order valence-corrected chi connectivity index (χ4v) is 3.26. The Kier molecular flexibility index (Phi) is 4.71. The van der Waals surface area contributed by atoms with Crippen molar-refractivity contribution in [2.75, 3.05) is 0 Å². The second-order valence-corrected chi connectivity index (χ2v) is 6.99. The lowest BCUT2D eigenvalue weighted by Gasteiger charge is -2.12. The van der Waals surface area contributed by atoms with Gasteiger partial charge in [0.25, 0.3) is 0 Å². The van der Waals surface area contributed by atoms with Gasteiger partial charge in [-0.05, 0) is 32.0 Å². The molecule has 0 aliphatic rings. The van der Waals surface area contributed by atoms with Gasteiger partial charge in [0.2, 0.25) is 10.0 Å². The molecule has 128 valence electrons. The highest BCUT2D eigenvalue weighted by atomic mass is 32.2. The van der Waals surface area contributed by atoms with Gasteiger partial charge >= 0.3 is 11.9 Å². The lowest BCUT2D eigenvalue weighted by Crippen LogP contribution is -2.30. The highest BCUT2D eigenvalue weighted by Gasteiger charge is 2.20. The Morgan fingerprint density at radius 1 is 1.12 bits per heavy atom. The summed E-state index contributed by atoms with van der Waals surface area (Å²) in [5, 5.41) is 21.9. The quantitative estimate of drug-likeness (QED) is 0.703. The van der Waals surface area contributed by atoms with Crippen molar-refractivity contribution < 1.29 is 28.2 Å². The average Bonchev–Trinajstić information content (AvgIpc) is 2.95. The van der Waals surface area contributed by atoms with Crippen LogP contribution in [0.4, 0.5) is 0 Å². The molecule has 0 bridgehead atoms. The van der Waals surface area contributed by atoms with Gasteiger partial charge in [0.05, 0.1) is 27.9 Å². The molecule has 0 saturated heterocycles. The molecule has 1 aromatic carbocycles. The van der Waals surface area contributed by atoms with Gasteiger partial charge in [-0.2, -0.15) is 5.10 Å². The van der Waals surface area contributed by atoms with E-state index in [2.05, 4.69) is 9.82 Å². The van der Waals surface area contributed by atoms with E-state index in [-0.39, 0.29) is 27.8 Å². The summed E-state index contributed by atoms with van der Waals surface area (Å²) in [4.78, 5) is 21.9. The Balaban J connectivity index is 2.60. The molecular formula is C14H15N3O6S. The number of carbonyl (C=O) groups is 2. The van der Waals surface area contributed by atoms with E-state index in [1.807, 2.05) is 0 Å². The van der Waals surface area contributed by atoms with Crippen molar-refractivity contribution in [3.8, 4) is 5.69 Å². The molecule has 1 aromatic heterocycles. The normalized spacial score (nSPS) is 11.6. The molecule has 9 nitrogen and oxygen atoms in total. The number of hydrogen-bond acceptors (Lipinski definition) is 5. The summed E-state index contributed by atoms with van der Waals surface area (Å²) in [5.41, 5.74) is -0.254. The van der Waals surface area contributed by atoms with E-state index in [0.717, 1.165) is 23.1 Å². The van der Waals surface area contributed by atoms with Crippen LogP contribution >= 0.6 is 0 Å². The minimum atomic E-state index is -3.93. The monoisotopic (exact) mass is 353 g/mol. The average molecular weight is 353 g/mol. The first-order chi connectivity index (χ1) is 11.1. The molecule has 0 aliphatic heterocycles. The molecule has 0 atom stereocenters. The molecule has 0 fully saturated rings. The molecule has 0 saturated carbocycles. The van der Waals surface area contributed by atoms with Crippen molar-refractivity contribution in [1.82, 2.24) is 14.5 Å². The molecule has 2 aromatic rings.